The summed E-state index contributed by atoms with van der Waals surface area (Å²) in [7, 11) is 0. The van der Waals surface area contributed by atoms with Gasteiger partial charge in [-0.3, -0.25) is 4.79 Å². The molecule has 0 radical (unpaired) electrons. The molecule has 1 aromatic carbocycles. The van der Waals surface area contributed by atoms with E-state index in [2.05, 4.69) is 13.8 Å². The van der Waals surface area contributed by atoms with Crippen molar-refractivity contribution in [2.75, 3.05) is 18.8 Å². The lowest BCUT2D eigenvalue weighted by Crippen LogP contribution is -2.32. The monoisotopic (exact) mass is 283 g/mol. The van der Waals surface area contributed by atoms with Gasteiger partial charge in [0.2, 0.25) is 5.91 Å². The molecule has 2 nitrogen and oxygen atoms in total. The quantitative estimate of drug-likeness (QED) is 0.673. The molecule has 0 aliphatic rings. The van der Waals surface area contributed by atoms with Crippen molar-refractivity contribution >= 4 is 17.7 Å². The lowest BCUT2D eigenvalue weighted by Gasteiger charge is -2.21. The van der Waals surface area contributed by atoms with Gasteiger partial charge in [0.1, 0.15) is 5.82 Å². The van der Waals surface area contributed by atoms with Crippen molar-refractivity contribution in [3.8, 4) is 0 Å². The summed E-state index contributed by atoms with van der Waals surface area (Å²) in [6, 6.07) is 6.69. The minimum atomic E-state index is -0.209. The molecular weight excluding hydrogens is 261 g/mol. The minimum absolute atomic E-state index is 0.174. The van der Waals surface area contributed by atoms with Gasteiger partial charge in [0, 0.05) is 30.2 Å². The van der Waals surface area contributed by atoms with Crippen LogP contribution < -0.4 is 0 Å². The summed E-state index contributed by atoms with van der Waals surface area (Å²) in [6.07, 6.45) is 2.43. The van der Waals surface area contributed by atoms with Crippen molar-refractivity contribution in [2.24, 2.45) is 0 Å². The van der Waals surface area contributed by atoms with Crippen molar-refractivity contribution in [2.45, 2.75) is 38.0 Å². The van der Waals surface area contributed by atoms with Crippen molar-refractivity contribution in [1.82, 2.24) is 4.90 Å². The Morgan fingerprint density at radius 3 is 2.42 bits per heavy atom. The van der Waals surface area contributed by atoms with E-state index in [1.165, 1.54) is 17.8 Å². The van der Waals surface area contributed by atoms with Gasteiger partial charge in [0.15, 0.2) is 0 Å². The zero-order chi connectivity index (χ0) is 14.1. The van der Waals surface area contributed by atoms with Gasteiger partial charge in [-0.25, -0.2) is 4.39 Å². The summed E-state index contributed by atoms with van der Waals surface area (Å²) in [5, 5.41) is 0. The van der Waals surface area contributed by atoms with Gasteiger partial charge in [-0.05, 0) is 25.0 Å². The number of carbonyl (C=O) groups is 1. The van der Waals surface area contributed by atoms with E-state index in [9.17, 15) is 9.18 Å². The number of halogens is 1. The highest BCUT2D eigenvalue weighted by Crippen LogP contribution is 2.22. The Kier molecular flexibility index (Phi) is 7.56. The first-order chi connectivity index (χ1) is 9.19. The summed E-state index contributed by atoms with van der Waals surface area (Å²) in [4.78, 5) is 14.5. The summed E-state index contributed by atoms with van der Waals surface area (Å²) in [6.45, 7) is 5.78. The molecule has 0 spiro atoms. The van der Waals surface area contributed by atoms with Crippen molar-refractivity contribution < 1.29 is 9.18 Å². The average Bonchev–Trinajstić information content (AvgIpc) is 2.40. The Hall–Kier alpha value is -1.03. The second-order valence-electron chi connectivity index (χ2n) is 4.41. The first-order valence-corrected chi connectivity index (χ1v) is 7.82. The van der Waals surface area contributed by atoms with E-state index in [1.54, 1.807) is 12.1 Å². The maximum atomic E-state index is 13.4. The fraction of sp³-hybridized carbons (Fsp3) is 0.533. The largest absolute Gasteiger partial charge is 0.343 e. The summed E-state index contributed by atoms with van der Waals surface area (Å²) in [5.74, 6) is 0.593. The molecule has 0 bridgehead atoms. The maximum Gasteiger partial charge on any atom is 0.223 e. The van der Waals surface area contributed by atoms with Crippen molar-refractivity contribution in [3.63, 3.8) is 0 Å². The molecular formula is C15H22FNOS. The molecule has 0 aliphatic heterocycles. The summed E-state index contributed by atoms with van der Waals surface area (Å²) in [5.41, 5.74) is 0. The molecule has 0 fully saturated rings. The van der Waals surface area contributed by atoms with E-state index in [0.29, 0.717) is 17.1 Å². The molecule has 0 unspecified atom stereocenters. The highest BCUT2D eigenvalue weighted by molar-refractivity contribution is 7.99. The molecule has 106 valence electrons. The molecule has 0 saturated carbocycles. The number of benzene rings is 1. The lowest BCUT2D eigenvalue weighted by molar-refractivity contribution is -0.130. The Labute approximate surface area is 119 Å². The number of hydrogen-bond acceptors (Lipinski definition) is 2. The topological polar surface area (TPSA) is 20.3 Å². The Bertz CT molecular complexity index is 391. The predicted octanol–water partition coefficient (Wildman–Crippen LogP) is 3.96. The van der Waals surface area contributed by atoms with E-state index < -0.39 is 0 Å². The highest BCUT2D eigenvalue weighted by atomic mass is 32.2. The first kappa shape index (κ1) is 16.0. The molecule has 1 amide bonds. The highest BCUT2D eigenvalue weighted by Gasteiger charge is 2.11. The molecule has 19 heavy (non-hydrogen) atoms. The van der Waals surface area contributed by atoms with Crippen LogP contribution in [0.15, 0.2) is 29.2 Å². The Morgan fingerprint density at radius 2 is 1.84 bits per heavy atom. The number of hydrogen-bond donors (Lipinski definition) is 0. The van der Waals surface area contributed by atoms with Gasteiger partial charge < -0.3 is 4.90 Å². The number of thioether (sulfide) groups is 1. The minimum Gasteiger partial charge on any atom is -0.343 e. The van der Waals surface area contributed by atoms with Crippen LogP contribution >= 0.6 is 11.8 Å². The van der Waals surface area contributed by atoms with Gasteiger partial charge in [0.05, 0.1) is 0 Å². The molecule has 1 rings (SSSR count). The van der Waals surface area contributed by atoms with Gasteiger partial charge in [0.25, 0.3) is 0 Å². The van der Waals surface area contributed by atoms with Crippen LogP contribution in [0.3, 0.4) is 0 Å². The summed E-state index contributed by atoms with van der Waals surface area (Å²) < 4.78 is 13.4. The third kappa shape index (κ3) is 5.64. The first-order valence-electron chi connectivity index (χ1n) is 6.84. The number of nitrogens with zero attached hydrogens (tertiary/aromatic N) is 1. The van der Waals surface area contributed by atoms with Crippen molar-refractivity contribution in [1.29, 1.82) is 0 Å². The van der Waals surface area contributed by atoms with Crippen LogP contribution in [0.25, 0.3) is 0 Å². The van der Waals surface area contributed by atoms with Crippen LogP contribution in [-0.4, -0.2) is 29.6 Å². The third-order valence-electron chi connectivity index (χ3n) is 2.75. The number of rotatable bonds is 8. The van der Waals surface area contributed by atoms with Crippen LogP contribution in [0.1, 0.15) is 33.1 Å². The molecule has 0 heterocycles. The van der Waals surface area contributed by atoms with E-state index in [4.69, 9.17) is 0 Å². The van der Waals surface area contributed by atoms with Gasteiger partial charge in [-0.15, -0.1) is 11.8 Å². The van der Waals surface area contributed by atoms with E-state index in [1.807, 2.05) is 11.0 Å². The molecule has 0 saturated heterocycles. The number of amides is 1. The lowest BCUT2D eigenvalue weighted by atomic mass is 10.3. The standard InChI is InChI=1S/C15H22FNOS/c1-3-10-17(11-4-2)15(18)9-12-19-14-8-6-5-7-13(14)16/h5-8H,3-4,9-12H2,1-2H3. The fourth-order valence-corrected chi connectivity index (χ4v) is 2.75. The van der Waals surface area contributed by atoms with E-state index >= 15 is 0 Å². The van der Waals surface area contributed by atoms with Crippen LogP contribution in [-0.2, 0) is 4.79 Å². The zero-order valence-corrected chi connectivity index (χ0v) is 12.5. The van der Waals surface area contributed by atoms with Crippen LogP contribution in [0.2, 0.25) is 0 Å². The van der Waals surface area contributed by atoms with Gasteiger partial charge in [-0.2, -0.15) is 0 Å². The zero-order valence-electron chi connectivity index (χ0n) is 11.7. The molecule has 4 heteroatoms. The predicted molar refractivity (Wildman–Crippen MR) is 78.9 cm³/mol. The molecule has 0 N–H and O–H groups in total. The Morgan fingerprint density at radius 1 is 1.21 bits per heavy atom. The maximum absolute atomic E-state index is 13.4. The molecule has 1 aromatic rings. The van der Waals surface area contributed by atoms with E-state index in [0.717, 1.165) is 25.9 Å². The third-order valence-corrected chi connectivity index (χ3v) is 3.80. The fourth-order valence-electron chi connectivity index (χ4n) is 1.87. The summed E-state index contributed by atoms with van der Waals surface area (Å²) >= 11 is 1.41. The molecule has 0 aliphatic carbocycles. The van der Waals surface area contributed by atoms with Gasteiger partial charge in [-0.1, -0.05) is 26.0 Å². The normalized spacial score (nSPS) is 10.5. The van der Waals surface area contributed by atoms with E-state index in [-0.39, 0.29) is 11.7 Å². The van der Waals surface area contributed by atoms with Gasteiger partial charge >= 0.3 is 0 Å². The van der Waals surface area contributed by atoms with Crippen LogP contribution in [0.5, 0.6) is 0 Å². The second kappa shape index (κ2) is 8.97. The number of carbonyl (C=O) groups excluding carboxylic acids is 1. The van der Waals surface area contributed by atoms with Crippen LogP contribution in [0.4, 0.5) is 4.39 Å². The molecule has 0 aromatic heterocycles. The Balaban J connectivity index is 2.39. The smallest absolute Gasteiger partial charge is 0.223 e. The van der Waals surface area contributed by atoms with Crippen molar-refractivity contribution in [3.05, 3.63) is 30.1 Å². The molecule has 0 atom stereocenters. The average molecular weight is 283 g/mol. The second-order valence-corrected chi connectivity index (χ2v) is 5.55. The SMILES string of the molecule is CCCN(CCC)C(=O)CCSc1ccccc1F. The van der Waals surface area contributed by atoms with Crippen LogP contribution in [0, 0.1) is 5.82 Å².